The van der Waals surface area contributed by atoms with Gasteiger partial charge in [0, 0.05) is 38.7 Å². The summed E-state index contributed by atoms with van der Waals surface area (Å²) < 4.78 is 6.44. The topological polar surface area (TPSA) is 16.4 Å². The van der Waals surface area contributed by atoms with Crippen LogP contribution in [0.3, 0.4) is 0 Å². The van der Waals surface area contributed by atoms with Crippen LogP contribution in [-0.2, 0) is 5.41 Å². The third-order valence-corrected chi connectivity index (χ3v) is 12.0. The maximum Gasteiger partial charge on any atom is 0.143 e. The number of nitrogens with zero attached hydrogens (tertiary/aromatic N) is 1. The monoisotopic (exact) mass is 715 g/mol. The van der Waals surface area contributed by atoms with Crippen molar-refractivity contribution >= 4 is 49.8 Å². The van der Waals surface area contributed by atoms with Crippen molar-refractivity contribution in [3.8, 4) is 33.4 Å². The summed E-state index contributed by atoms with van der Waals surface area (Å²) in [5.41, 5.74) is 16.0. The zero-order valence-corrected chi connectivity index (χ0v) is 31.0. The molecule has 0 saturated carbocycles. The van der Waals surface area contributed by atoms with E-state index in [1.807, 2.05) is 12.1 Å². The minimum atomic E-state index is -0.283. The maximum atomic E-state index is 6.44. The van der Waals surface area contributed by atoms with Gasteiger partial charge < -0.3 is 9.32 Å². The molecule has 10 aromatic rings. The van der Waals surface area contributed by atoms with Gasteiger partial charge in [-0.25, -0.2) is 0 Å². The molecule has 0 amide bonds. The van der Waals surface area contributed by atoms with Crippen molar-refractivity contribution in [1.82, 2.24) is 0 Å². The molecular formula is C54H37NO. The third-order valence-electron chi connectivity index (χ3n) is 12.0. The molecule has 0 saturated heterocycles. The van der Waals surface area contributed by atoms with Crippen LogP contribution in [0.15, 0.2) is 211 Å². The van der Waals surface area contributed by atoms with E-state index in [0.717, 1.165) is 50.1 Å². The Kier molecular flexibility index (Phi) is 7.33. The Morgan fingerprint density at radius 2 is 1.05 bits per heavy atom. The van der Waals surface area contributed by atoms with E-state index < -0.39 is 0 Å². The molecule has 264 valence electrons. The summed E-state index contributed by atoms with van der Waals surface area (Å²) in [6.45, 7) is 2.39. The van der Waals surface area contributed by atoms with Crippen LogP contribution < -0.4 is 4.90 Å². The van der Waals surface area contributed by atoms with E-state index >= 15 is 0 Å². The number of para-hydroxylation sites is 3. The molecule has 0 bridgehead atoms. The van der Waals surface area contributed by atoms with Crippen molar-refractivity contribution in [3.05, 3.63) is 223 Å². The first kappa shape index (κ1) is 32.3. The highest BCUT2D eigenvalue weighted by atomic mass is 16.3. The predicted octanol–water partition coefficient (Wildman–Crippen LogP) is 14.9. The summed E-state index contributed by atoms with van der Waals surface area (Å²) >= 11 is 0. The van der Waals surface area contributed by atoms with E-state index in [0.29, 0.717) is 0 Å². The Morgan fingerprint density at radius 1 is 0.411 bits per heavy atom. The highest BCUT2D eigenvalue weighted by molar-refractivity contribution is 6.09. The van der Waals surface area contributed by atoms with Crippen LogP contribution in [0.4, 0.5) is 17.1 Å². The average molecular weight is 716 g/mol. The summed E-state index contributed by atoms with van der Waals surface area (Å²) in [7, 11) is 0. The van der Waals surface area contributed by atoms with Crippen molar-refractivity contribution < 1.29 is 4.42 Å². The highest BCUT2D eigenvalue weighted by Crippen LogP contribution is 2.54. The third kappa shape index (κ3) is 4.96. The van der Waals surface area contributed by atoms with Gasteiger partial charge in [0.05, 0.1) is 5.69 Å². The standard InChI is InChI=1S/C54H37NO/c1-54(40-16-3-2-4-17-40)49-23-10-7-19-45(49)46-33-29-39(35-50(46)54)43-18-8-11-24-51(43)55(42-32-26-36-14-5-6-15-38(36)34-42)41-30-27-37(28-31-41)44-21-13-22-48-47-20-9-12-25-52(47)56-53(44)48/h2-35H,1H3. The van der Waals surface area contributed by atoms with Crippen molar-refractivity contribution in [1.29, 1.82) is 0 Å². The predicted molar refractivity (Wildman–Crippen MR) is 234 cm³/mol. The molecule has 11 rings (SSSR count). The van der Waals surface area contributed by atoms with E-state index in [1.54, 1.807) is 0 Å². The van der Waals surface area contributed by atoms with E-state index in [-0.39, 0.29) is 5.41 Å². The quantitative estimate of drug-likeness (QED) is 0.170. The fourth-order valence-electron chi connectivity index (χ4n) is 9.16. The normalized spacial score (nSPS) is 14.6. The fraction of sp³-hybridized carbons (Fsp3) is 0.0370. The Labute approximate surface area is 326 Å². The first-order valence-corrected chi connectivity index (χ1v) is 19.3. The molecule has 1 aliphatic carbocycles. The van der Waals surface area contributed by atoms with Gasteiger partial charge in [-0.2, -0.15) is 0 Å². The van der Waals surface area contributed by atoms with Crippen LogP contribution >= 0.6 is 0 Å². The van der Waals surface area contributed by atoms with Crippen molar-refractivity contribution in [2.75, 3.05) is 4.90 Å². The van der Waals surface area contributed by atoms with Crippen LogP contribution in [-0.4, -0.2) is 0 Å². The fourth-order valence-corrected chi connectivity index (χ4v) is 9.16. The van der Waals surface area contributed by atoms with Crippen LogP contribution in [0.25, 0.3) is 66.1 Å². The minimum absolute atomic E-state index is 0.283. The Bertz CT molecular complexity index is 3100. The first-order valence-electron chi connectivity index (χ1n) is 19.3. The smallest absolute Gasteiger partial charge is 0.143 e. The number of furan rings is 1. The number of hydrogen-bond donors (Lipinski definition) is 0. The number of hydrogen-bond acceptors (Lipinski definition) is 2. The molecule has 1 unspecified atom stereocenters. The maximum absolute atomic E-state index is 6.44. The number of rotatable bonds is 6. The molecular weight excluding hydrogens is 679 g/mol. The van der Waals surface area contributed by atoms with Crippen LogP contribution in [0.1, 0.15) is 23.6 Å². The van der Waals surface area contributed by atoms with Crippen LogP contribution in [0, 0.1) is 0 Å². The molecule has 1 atom stereocenters. The number of fused-ring (bicyclic) bond motifs is 7. The molecule has 1 aromatic heterocycles. The molecule has 1 aliphatic rings. The van der Waals surface area contributed by atoms with Crippen molar-refractivity contribution in [2.24, 2.45) is 0 Å². The number of benzene rings is 9. The summed E-state index contributed by atoms with van der Waals surface area (Å²) in [5, 5.41) is 4.70. The SMILES string of the molecule is CC1(c2ccccc2)c2ccccc2-c2ccc(-c3ccccc3N(c3ccc(-c4cccc5c4oc4ccccc45)cc3)c3ccc4ccccc4c3)cc21. The van der Waals surface area contributed by atoms with Gasteiger partial charge >= 0.3 is 0 Å². The lowest BCUT2D eigenvalue weighted by atomic mass is 9.74. The molecule has 0 N–H and O–H groups in total. The van der Waals surface area contributed by atoms with Crippen LogP contribution in [0.2, 0.25) is 0 Å². The molecule has 0 radical (unpaired) electrons. The first-order chi connectivity index (χ1) is 27.6. The summed E-state index contributed by atoms with van der Waals surface area (Å²) in [6.07, 6.45) is 0. The van der Waals surface area contributed by atoms with Gasteiger partial charge in [0.25, 0.3) is 0 Å². The van der Waals surface area contributed by atoms with Crippen molar-refractivity contribution in [2.45, 2.75) is 12.3 Å². The molecule has 56 heavy (non-hydrogen) atoms. The molecule has 0 aliphatic heterocycles. The lowest BCUT2D eigenvalue weighted by molar-refractivity contribution is 0.670. The largest absolute Gasteiger partial charge is 0.455 e. The van der Waals surface area contributed by atoms with E-state index in [1.165, 1.54) is 49.7 Å². The summed E-state index contributed by atoms with van der Waals surface area (Å²) in [6, 6.07) is 74.8. The van der Waals surface area contributed by atoms with Crippen LogP contribution in [0.5, 0.6) is 0 Å². The van der Waals surface area contributed by atoms with Crippen molar-refractivity contribution in [3.63, 3.8) is 0 Å². The van der Waals surface area contributed by atoms with Gasteiger partial charge in [0.2, 0.25) is 0 Å². The highest BCUT2D eigenvalue weighted by Gasteiger charge is 2.40. The second-order valence-corrected chi connectivity index (χ2v) is 15.0. The lowest BCUT2D eigenvalue weighted by Crippen LogP contribution is -2.22. The van der Waals surface area contributed by atoms with E-state index in [9.17, 15) is 0 Å². The number of anilines is 3. The van der Waals surface area contributed by atoms with Gasteiger partial charge in [0.15, 0.2) is 0 Å². The zero-order chi connectivity index (χ0) is 37.2. The summed E-state index contributed by atoms with van der Waals surface area (Å²) in [5.74, 6) is 0. The zero-order valence-electron chi connectivity index (χ0n) is 31.0. The average Bonchev–Trinajstić information content (AvgIpc) is 3.78. The Hall–Kier alpha value is -7.16. The Balaban J connectivity index is 1.07. The van der Waals surface area contributed by atoms with Gasteiger partial charge in [-0.05, 0) is 99.1 Å². The van der Waals surface area contributed by atoms with Gasteiger partial charge in [-0.3, -0.25) is 0 Å². The minimum Gasteiger partial charge on any atom is -0.455 e. The Morgan fingerprint density at radius 3 is 1.93 bits per heavy atom. The lowest BCUT2D eigenvalue weighted by Gasteiger charge is -2.30. The molecule has 2 nitrogen and oxygen atoms in total. The molecule has 0 spiro atoms. The second-order valence-electron chi connectivity index (χ2n) is 15.0. The molecule has 2 heteroatoms. The molecule has 9 aromatic carbocycles. The molecule has 1 heterocycles. The molecule has 0 fully saturated rings. The van der Waals surface area contributed by atoms with Gasteiger partial charge in [0.1, 0.15) is 11.2 Å². The second kappa shape index (κ2) is 12.7. The summed E-state index contributed by atoms with van der Waals surface area (Å²) in [4.78, 5) is 2.41. The van der Waals surface area contributed by atoms with Gasteiger partial charge in [-0.15, -0.1) is 0 Å². The van der Waals surface area contributed by atoms with E-state index in [2.05, 4.69) is 206 Å². The van der Waals surface area contributed by atoms with E-state index in [4.69, 9.17) is 4.42 Å². The van der Waals surface area contributed by atoms with Gasteiger partial charge in [-0.1, -0.05) is 164 Å².